The quantitative estimate of drug-likeness (QED) is 0.426. The third-order valence-corrected chi connectivity index (χ3v) is 2.92. The Morgan fingerprint density at radius 3 is 2.31 bits per heavy atom. The summed E-state index contributed by atoms with van der Waals surface area (Å²) in [4.78, 5) is 39.8. The van der Waals surface area contributed by atoms with Crippen molar-refractivity contribution in [2.45, 2.75) is 45.3 Å². The lowest BCUT2D eigenvalue weighted by Crippen LogP contribution is -2.46. The lowest BCUT2D eigenvalue weighted by molar-refractivity contribution is -0.148. The number of rotatable bonds is 7. The zero-order valence-electron chi connectivity index (χ0n) is 14.8. The van der Waals surface area contributed by atoms with Crippen molar-refractivity contribution in [1.29, 1.82) is 0 Å². The van der Waals surface area contributed by atoms with Crippen LogP contribution in [0.25, 0.3) is 0 Å². The fourth-order valence-corrected chi connectivity index (χ4v) is 1.87. The molecule has 1 aromatic rings. The number of urea groups is 1. The van der Waals surface area contributed by atoms with Gasteiger partial charge in [-0.2, -0.15) is 0 Å². The Labute approximate surface area is 150 Å². The second-order valence-corrected chi connectivity index (χ2v) is 6.39. The summed E-state index contributed by atoms with van der Waals surface area (Å²) in [5.41, 5.74) is 4.18. The minimum atomic E-state index is -1.15. The Kier molecular flexibility index (Phi) is 7.11. The fraction of sp³-hybridized carbons (Fsp3) is 0.533. The van der Waals surface area contributed by atoms with Gasteiger partial charge in [-0.15, -0.1) is 4.73 Å². The van der Waals surface area contributed by atoms with Crippen LogP contribution in [0.2, 0.25) is 0 Å². The van der Waals surface area contributed by atoms with Gasteiger partial charge in [-0.3, -0.25) is 0 Å². The standard InChI is InChI=1S/C15H24N4O7/c1-15(2,3)25-14(24)18-9(5-4-8-17-13(16)23)12(22)26-19-10(20)6-7-11(19)21/h6-7,9,20-21H,4-5,8H2,1-3H3,(H,18,24)(H3,16,17,23). The van der Waals surface area contributed by atoms with E-state index in [-0.39, 0.29) is 13.0 Å². The minimum Gasteiger partial charge on any atom is -0.492 e. The summed E-state index contributed by atoms with van der Waals surface area (Å²) in [6.45, 7) is 5.15. The van der Waals surface area contributed by atoms with Gasteiger partial charge < -0.3 is 36.2 Å². The molecule has 3 amide bonds. The summed E-state index contributed by atoms with van der Waals surface area (Å²) in [6, 6.07) is 0.373. The van der Waals surface area contributed by atoms with Crippen LogP contribution >= 0.6 is 0 Å². The molecule has 1 aromatic heterocycles. The van der Waals surface area contributed by atoms with Crippen molar-refractivity contribution in [3.8, 4) is 11.8 Å². The van der Waals surface area contributed by atoms with Crippen molar-refractivity contribution in [3.63, 3.8) is 0 Å². The van der Waals surface area contributed by atoms with Crippen LogP contribution in [-0.4, -0.2) is 51.2 Å². The predicted octanol–water partition coefficient (Wildman–Crippen LogP) is 0.196. The molecule has 0 spiro atoms. The number of carbonyl (C=O) groups excluding carboxylic acids is 3. The summed E-state index contributed by atoms with van der Waals surface area (Å²) >= 11 is 0. The number of primary amides is 1. The number of amides is 3. The van der Waals surface area contributed by atoms with Gasteiger partial charge in [-0.1, -0.05) is 0 Å². The van der Waals surface area contributed by atoms with Crippen molar-refractivity contribution >= 4 is 18.1 Å². The molecular weight excluding hydrogens is 348 g/mol. The Morgan fingerprint density at radius 2 is 1.81 bits per heavy atom. The van der Waals surface area contributed by atoms with Gasteiger partial charge in [0, 0.05) is 18.7 Å². The normalized spacial score (nSPS) is 12.1. The highest BCUT2D eigenvalue weighted by atomic mass is 16.7. The van der Waals surface area contributed by atoms with E-state index < -0.39 is 41.5 Å². The van der Waals surface area contributed by atoms with Crippen molar-refractivity contribution in [2.24, 2.45) is 5.73 Å². The highest BCUT2D eigenvalue weighted by Gasteiger charge is 2.27. The number of aromatic nitrogens is 1. The Morgan fingerprint density at radius 1 is 1.23 bits per heavy atom. The molecule has 0 bridgehead atoms. The third kappa shape index (κ3) is 7.20. The molecule has 0 fully saturated rings. The van der Waals surface area contributed by atoms with Gasteiger partial charge in [0.25, 0.3) is 0 Å². The molecule has 0 aliphatic heterocycles. The Hall–Kier alpha value is -3.11. The SMILES string of the molecule is CC(C)(C)OC(=O)NC(CCCNC(N)=O)C(=O)On1c(O)ccc1O. The van der Waals surface area contributed by atoms with Crippen molar-refractivity contribution in [3.05, 3.63) is 12.1 Å². The molecule has 0 radical (unpaired) electrons. The molecule has 0 saturated heterocycles. The summed E-state index contributed by atoms with van der Waals surface area (Å²) < 4.78 is 5.60. The van der Waals surface area contributed by atoms with Crippen molar-refractivity contribution in [2.75, 3.05) is 6.54 Å². The molecule has 1 unspecified atom stereocenters. The maximum atomic E-state index is 12.3. The number of ether oxygens (including phenoxy) is 1. The predicted molar refractivity (Wildman–Crippen MR) is 89.3 cm³/mol. The van der Waals surface area contributed by atoms with E-state index in [1.165, 1.54) is 0 Å². The average Bonchev–Trinajstić information content (AvgIpc) is 2.80. The minimum absolute atomic E-state index is 0.0845. The molecule has 0 aliphatic rings. The van der Waals surface area contributed by atoms with Gasteiger partial charge in [0.1, 0.15) is 11.6 Å². The van der Waals surface area contributed by atoms with Gasteiger partial charge in [-0.05, 0) is 33.6 Å². The van der Waals surface area contributed by atoms with E-state index in [1.807, 2.05) is 0 Å². The van der Waals surface area contributed by atoms with Crippen LogP contribution in [0.15, 0.2) is 12.1 Å². The molecule has 11 nitrogen and oxygen atoms in total. The lowest BCUT2D eigenvalue weighted by atomic mass is 10.1. The Balaban J connectivity index is 2.76. The first-order valence-corrected chi connectivity index (χ1v) is 7.84. The zero-order valence-corrected chi connectivity index (χ0v) is 14.8. The van der Waals surface area contributed by atoms with Crippen molar-refractivity contribution in [1.82, 2.24) is 15.4 Å². The van der Waals surface area contributed by atoms with Crippen LogP contribution in [-0.2, 0) is 9.53 Å². The molecule has 26 heavy (non-hydrogen) atoms. The Bertz CT molecular complexity index is 631. The third-order valence-electron chi connectivity index (χ3n) is 2.92. The molecule has 1 heterocycles. The molecular formula is C15H24N4O7. The smallest absolute Gasteiger partial charge is 0.408 e. The van der Waals surface area contributed by atoms with Gasteiger partial charge in [0.05, 0.1) is 0 Å². The highest BCUT2D eigenvalue weighted by Crippen LogP contribution is 2.19. The largest absolute Gasteiger partial charge is 0.492 e. The van der Waals surface area contributed by atoms with Crippen LogP contribution in [0.1, 0.15) is 33.6 Å². The highest BCUT2D eigenvalue weighted by molar-refractivity contribution is 5.81. The van der Waals surface area contributed by atoms with Crippen molar-refractivity contribution < 1.29 is 34.2 Å². The number of carbonyl (C=O) groups is 3. The molecule has 0 aromatic carbocycles. The molecule has 0 saturated carbocycles. The number of hydrogen-bond donors (Lipinski definition) is 5. The number of nitrogens with one attached hydrogen (secondary N) is 2. The fourth-order valence-electron chi connectivity index (χ4n) is 1.87. The first-order chi connectivity index (χ1) is 12.0. The zero-order chi connectivity index (χ0) is 19.9. The number of aromatic hydroxyl groups is 2. The van der Waals surface area contributed by atoms with Gasteiger partial charge in [-0.25, -0.2) is 14.4 Å². The number of nitrogens with zero attached hydrogens (tertiary/aromatic N) is 1. The van der Waals surface area contributed by atoms with Crippen LogP contribution < -0.4 is 21.2 Å². The summed E-state index contributed by atoms with van der Waals surface area (Å²) in [5, 5.41) is 23.8. The molecule has 146 valence electrons. The summed E-state index contributed by atoms with van der Waals surface area (Å²) in [7, 11) is 0. The van der Waals surface area contributed by atoms with E-state index >= 15 is 0 Å². The van der Waals surface area contributed by atoms with E-state index in [9.17, 15) is 24.6 Å². The first kappa shape index (κ1) is 20.9. The van der Waals surface area contributed by atoms with Gasteiger partial charge >= 0.3 is 18.1 Å². The topological polar surface area (TPSA) is 165 Å². The van der Waals surface area contributed by atoms with E-state index in [4.69, 9.17) is 15.3 Å². The number of nitrogens with two attached hydrogens (primary N) is 1. The lowest BCUT2D eigenvalue weighted by Gasteiger charge is -2.23. The molecule has 0 aliphatic carbocycles. The summed E-state index contributed by atoms with van der Waals surface area (Å²) in [5.74, 6) is -1.94. The maximum absolute atomic E-state index is 12.3. The van der Waals surface area contributed by atoms with Crippen LogP contribution in [0.3, 0.4) is 0 Å². The average molecular weight is 372 g/mol. The van der Waals surface area contributed by atoms with Crippen LogP contribution in [0, 0.1) is 0 Å². The van der Waals surface area contributed by atoms with Gasteiger partial charge in [0.2, 0.25) is 11.8 Å². The van der Waals surface area contributed by atoms with E-state index in [1.54, 1.807) is 20.8 Å². The van der Waals surface area contributed by atoms with E-state index in [0.717, 1.165) is 12.1 Å². The second kappa shape index (κ2) is 8.83. The summed E-state index contributed by atoms with van der Waals surface area (Å²) in [6.07, 6.45) is -0.466. The number of hydrogen-bond acceptors (Lipinski definition) is 7. The second-order valence-electron chi connectivity index (χ2n) is 6.39. The van der Waals surface area contributed by atoms with Crippen LogP contribution in [0.5, 0.6) is 11.8 Å². The van der Waals surface area contributed by atoms with E-state index in [2.05, 4.69) is 10.6 Å². The molecule has 11 heteroatoms. The number of alkyl carbamates (subject to hydrolysis) is 1. The van der Waals surface area contributed by atoms with Crippen LogP contribution in [0.4, 0.5) is 9.59 Å². The van der Waals surface area contributed by atoms with E-state index in [0.29, 0.717) is 11.2 Å². The molecule has 1 rings (SSSR count). The molecule has 1 atom stereocenters. The van der Waals surface area contributed by atoms with Gasteiger partial charge in [0.15, 0.2) is 0 Å². The molecule has 6 N–H and O–H groups in total. The maximum Gasteiger partial charge on any atom is 0.408 e. The first-order valence-electron chi connectivity index (χ1n) is 7.84. The monoisotopic (exact) mass is 372 g/mol.